The molecule has 1 unspecified atom stereocenters. The molecule has 0 saturated heterocycles. The topological polar surface area (TPSA) is 73.3 Å². The molecule has 26 heavy (non-hydrogen) atoms. The number of methoxy groups -OCH3 is 2. The Morgan fingerprint density at radius 2 is 1.77 bits per heavy atom. The predicted octanol–water partition coefficient (Wildman–Crippen LogP) is 1.73. The van der Waals surface area contributed by atoms with Gasteiger partial charge >= 0.3 is 5.63 Å². The Morgan fingerprint density at radius 3 is 2.50 bits per heavy atom. The smallest absolute Gasteiger partial charge is 0.336 e. The van der Waals surface area contributed by atoms with E-state index in [1.807, 2.05) is 18.2 Å². The first-order valence-electron chi connectivity index (χ1n) is 8.28. The summed E-state index contributed by atoms with van der Waals surface area (Å²) >= 11 is 0. The van der Waals surface area contributed by atoms with E-state index in [0.29, 0.717) is 23.6 Å². The molecule has 3 aromatic rings. The first-order chi connectivity index (χ1) is 12.5. The zero-order valence-electron chi connectivity index (χ0n) is 15.0. The highest BCUT2D eigenvalue weighted by atomic mass is 16.5. The van der Waals surface area contributed by atoms with Gasteiger partial charge in [-0.25, -0.2) is 4.79 Å². The molecule has 2 aromatic carbocycles. The van der Waals surface area contributed by atoms with E-state index in [4.69, 9.17) is 13.9 Å². The van der Waals surface area contributed by atoms with Crippen LogP contribution in [0.25, 0.3) is 11.0 Å². The molecule has 0 spiro atoms. The first-order valence-corrected chi connectivity index (χ1v) is 8.28. The zero-order valence-corrected chi connectivity index (χ0v) is 15.0. The molecule has 0 aliphatic carbocycles. The van der Waals surface area contributed by atoms with Crippen LogP contribution in [0.2, 0.25) is 0 Å². The summed E-state index contributed by atoms with van der Waals surface area (Å²) in [4.78, 5) is 13.0. The van der Waals surface area contributed by atoms with Gasteiger partial charge in [0.25, 0.3) is 0 Å². The molecule has 1 atom stereocenters. The quantitative estimate of drug-likeness (QED) is 0.658. The summed E-state index contributed by atoms with van der Waals surface area (Å²) in [7, 11) is 5.28. The van der Waals surface area contributed by atoms with Crippen LogP contribution in [0.15, 0.2) is 51.7 Å². The van der Waals surface area contributed by atoms with E-state index in [1.165, 1.54) is 17.0 Å². The maximum atomic E-state index is 11.8. The Kier molecular flexibility index (Phi) is 5.14. The number of phenolic OH excluding ortho intramolecular Hbond substituents is 1. The molecular weight excluding hydrogens is 334 g/mol. The van der Waals surface area contributed by atoms with Crippen molar-refractivity contribution in [2.75, 3.05) is 21.3 Å². The lowest BCUT2D eigenvalue weighted by molar-refractivity contribution is -0.907. The molecule has 0 radical (unpaired) electrons. The number of ether oxygens (including phenoxy) is 2. The molecule has 0 bridgehead atoms. The number of phenols is 1. The lowest BCUT2D eigenvalue weighted by Gasteiger charge is -2.16. The van der Waals surface area contributed by atoms with E-state index in [2.05, 4.69) is 7.05 Å². The maximum Gasteiger partial charge on any atom is 0.336 e. The van der Waals surface area contributed by atoms with E-state index in [-0.39, 0.29) is 5.75 Å². The number of benzene rings is 2. The largest absolute Gasteiger partial charge is 0.508 e. The number of rotatable bonds is 6. The van der Waals surface area contributed by atoms with Gasteiger partial charge in [0.2, 0.25) is 0 Å². The molecule has 6 nitrogen and oxygen atoms in total. The van der Waals surface area contributed by atoms with Gasteiger partial charge in [0.15, 0.2) is 11.5 Å². The van der Waals surface area contributed by atoms with Gasteiger partial charge in [0, 0.05) is 28.6 Å². The molecule has 1 aromatic heterocycles. The highest BCUT2D eigenvalue weighted by Gasteiger charge is 2.13. The van der Waals surface area contributed by atoms with Crippen molar-refractivity contribution in [3.63, 3.8) is 0 Å². The summed E-state index contributed by atoms with van der Waals surface area (Å²) in [5.41, 5.74) is 1.96. The van der Waals surface area contributed by atoms with Crippen LogP contribution in [0.1, 0.15) is 11.1 Å². The summed E-state index contributed by atoms with van der Waals surface area (Å²) in [6, 6.07) is 12.2. The van der Waals surface area contributed by atoms with Crippen molar-refractivity contribution in [2.45, 2.75) is 13.1 Å². The molecule has 0 fully saturated rings. The van der Waals surface area contributed by atoms with Gasteiger partial charge in [0.05, 0.1) is 21.3 Å². The number of aromatic hydroxyl groups is 1. The van der Waals surface area contributed by atoms with E-state index in [0.717, 1.165) is 23.1 Å². The fourth-order valence-corrected chi connectivity index (χ4v) is 3.09. The van der Waals surface area contributed by atoms with Gasteiger partial charge in [-0.15, -0.1) is 0 Å². The van der Waals surface area contributed by atoms with Crippen LogP contribution >= 0.6 is 0 Å². The maximum absolute atomic E-state index is 11.8. The summed E-state index contributed by atoms with van der Waals surface area (Å²) in [5.74, 6) is 1.46. The Bertz CT molecular complexity index is 980. The Hall–Kier alpha value is -2.99. The highest BCUT2D eigenvalue weighted by molar-refractivity contribution is 5.81. The monoisotopic (exact) mass is 356 g/mol. The van der Waals surface area contributed by atoms with Gasteiger partial charge in [-0.05, 0) is 30.3 Å². The van der Waals surface area contributed by atoms with Gasteiger partial charge in [-0.3, -0.25) is 0 Å². The zero-order chi connectivity index (χ0) is 18.7. The summed E-state index contributed by atoms with van der Waals surface area (Å²) in [5, 5.41) is 10.4. The van der Waals surface area contributed by atoms with Crippen molar-refractivity contribution in [2.24, 2.45) is 0 Å². The molecule has 0 saturated carbocycles. The summed E-state index contributed by atoms with van der Waals surface area (Å²) in [6.45, 7) is 1.39. The van der Waals surface area contributed by atoms with Crippen LogP contribution < -0.4 is 20.0 Å². The first kappa shape index (κ1) is 17.8. The van der Waals surface area contributed by atoms with Crippen LogP contribution in [-0.4, -0.2) is 26.4 Å². The van der Waals surface area contributed by atoms with Crippen molar-refractivity contribution >= 4 is 11.0 Å². The second-order valence-electron chi connectivity index (χ2n) is 6.27. The van der Waals surface area contributed by atoms with E-state index in [9.17, 15) is 9.90 Å². The molecular formula is C20H22NO5+. The third-order valence-corrected chi connectivity index (χ3v) is 4.26. The average Bonchev–Trinajstić information content (AvgIpc) is 2.60. The van der Waals surface area contributed by atoms with Crippen LogP contribution in [0.3, 0.4) is 0 Å². The lowest BCUT2D eigenvalue weighted by atomic mass is 10.1. The van der Waals surface area contributed by atoms with Crippen molar-refractivity contribution in [3.05, 3.63) is 64.0 Å². The number of quaternary nitrogens is 1. The Balaban J connectivity index is 1.83. The van der Waals surface area contributed by atoms with Gasteiger partial charge in [0.1, 0.15) is 24.4 Å². The number of hydrogen-bond donors (Lipinski definition) is 2. The van der Waals surface area contributed by atoms with E-state index in [1.54, 1.807) is 26.4 Å². The third-order valence-electron chi connectivity index (χ3n) is 4.26. The molecule has 0 aliphatic rings. The highest BCUT2D eigenvalue weighted by Crippen LogP contribution is 2.27. The van der Waals surface area contributed by atoms with Gasteiger partial charge in [-0.1, -0.05) is 0 Å². The Labute approximate surface area is 151 Å². The summed E-state index contributed by atoms with van der Waals surface area (Å²) < 4.78 is 15.8. The van der Waals surface area contributed by atoms with Crippen molar-refractivity contribution < 1.29 is 23.9 Å². The fourth-order valence-electron chi connectivity index (χ4n) is 3.09. The van der Waals surface area contributed by atoms with Crippen molar-refractivity contribution in [3.8, 4) is 17.2 Å². The minimum atomic E-state index is -0.419. The van der Waals surface area contributed by atoms with E-state index < -0.39 is 5.63 Å². The number of hydrogen-bond acceptors (Lipinski definition) is 5. The normalized spacial score (nSPS) is 12.1. The van der Waals surface area contributed by atoms with Gasteiger partial charge in [-0.2, -0.15) is 0 Å². The number of fused-ring (bicyclic) bond motifs is 1. The molecule has 2 N–H and O–H groups in total. The van der Waals surface area contributed by atoms with Crippen LogP contribution in [0.5, 0.6) is 17.2 Å². The van der Waals surface area contributed by atoms with Crippen molar-refractivity contribution in [1.82, 2.24) is 0 Å². The number of nitrogens with one attached hydrogen (secondary N) is 1. The fraction of sp³-hybridized carbons (Fsp3) is 0.250. The third kappa shape index (κ3) is 3.81. The standard InChI is InChI=1S/C20H21NO5/c1-21(11-13-4-7-17(24-2)19(8-13)25-3)12-14-9-20(23)26-18-10-15(22)5-6-16(14)18/h4-10,22H,11-12H2,1-3H3/p+1. The minimum absolute atomic E-state index is 0.0730. The second-order valence-corrected chi connectivity index (χ2v) is 6.27. The van der Waals surface area contributed by atoms with Crippen LogP contribution in [0, 0.1) is 0 Å². The predicted molar refractivity (Wildman–Crippen MR) is 98.0 cm³/mol. The molecule has 0 aliphatic heterocycles. The second kappa shape index (κ2) is 7.49. The summed E-state index contributed by atoms with van der Waals surface area (Å²) in [6.07, 6.45) is 0. The van der Waals surface area contributed by atoms with Crippen LogP contribution in [0.4, 0.5) is 0 Å². The lowest BCUT2D eigenvalue weighted by Crippen LogP contribution is -3.06. The molecule has 3 rings (SSSR count). The minimum Gasteiger partial charge on any atom is -0.508 e. The molecule has 1 heterocycles. The SMILES string of the molecule is COc1ccc(C[NH+](C)Cc2cc(=O)oc3cc(O)ccc23)cc1OC. The molecule has 0 amide bonds. The van der Waals surface area contributed by atoms with Crippen molar-refractivity contribution in [1.29, 1.82) is 0 Å². The molecule has 6 heteroatoms. The van der Waals surface area contributed by atoms with Crippen LogP contribution in [-0.2, 0) is 13.1 Å². The Morgan fingerprint density at radius 1 is 1.00 bits per heavy atom. The molecule has 136 valence electrons. The van der Waals surface area contributed by atoms with E-state index >= 15 is 0 Å². The van der Waals surface area contributed by atoms with Gasteiger partial charge < -0.3 is 23.9 Å². The average molecular weight is 356 g/mol.